The van der Waals surface area contributed by atoms with Crippen molar-refractivity contribution in [3.8, 4) is 0 Å². The van der Waals surface area contributed by atoms with Crippen molar-refractivity contribution in [1.29, 1.82) is 0 Å². The summed E-state index contributed by atoms with van der Waals surface area (Å²) >= 11 is 1.79. The van der Waals surface area contributed by atoms with Crippen molar-refractivity contribution in [1.82, 2.24) is 14.1 Å². The van der Waals surface area contributed by atoms with Crippen LogP contribution in [0.3, 0.4) is 0 Å². The molecule has 0 aliphatic carbocycles. The maximum absolute atomic E-state index is 12.4. The molecule has 0 bridgehead atoms. The number of rotatable bonds is 5. The Labute approximate surface area is 112 Å². The highest BCUT2D eigenvalue weighted by Crippen LogP contribution is 2.25. The summed E-state index contributed by atoms with van der Waals surface area (Å²) < 4.78 is 27.8. The van der Waals surface area contributed by atoms with Crippen molar-refractivity contribution in [3.05, 3.63) is 12.4 Å². The zero-order valence-electron chi connectivity index (χ0n) is 10.3. The molecular formula is C10H18N4O2S2. The summed E-state index contributed by atoms with van der Waals surface area (Å²) in [7, 11) is -1.78. The lowest BCUT2D eigenvalue weighted by molar-refractivity contribution is 0.394. The van der Waals surface area contributed by atoms with Crippen LogP contribution in [0.4, 0.5) is 0 Å². The van der Waals surface area contributed by atoms with E-state index < -0.39 is 10.0 Å². The molecule has 6 nitrogen and oxygen atoms in total. The highest BCUT2D eigenvalue weighted by Gasteiger charge is 2.31. The second kappa shape index (κ2) is 5.60. The standard InChI is InChI=1S/C10H18N4O2S2/c1-13(9-2-5-17-8-9)18(15,16)10-6-12-14(7-10)4-3-11/h6-7,9H,2-5,8,11H2,1H3. The van der Waals surface area contributed by atoms with Crippen LogP contribution in [0, 0.1) is 0 Å². The van der Waals surface area contributed by atoms with Gasteiger partial charge in [0.05, 0.1) is 12.7 Å². The van der Waals surface area contributed by atoms with Gasteiger partial charge in [0.1, 0.15) is 4.90 Å². The Morgan fingerprint density at radius 1 is 1.67 bits per heavy atom. The SMILES string of the molecule is CN(C1CCSC1)S(=O)(=O)c1cnn(CCN)c1. The van der Waals surface area contributed by atoms with Gasteiger partial charge in [-0.25, -0.2) is 8.42 Å². The second-order valence-corrected chi connectivity index (χ2v) is 7.41. The molecule has 0 amide bonds. The molecule has 0 aromatic carbocycles. The van der Waals surface area contributed by atoms with E-state index in [2.05, 4.69) is 5.10 Å². The summed E-state index contributed by atoms with van der Waals surface area (Å²) in [6, 6.07) is 0.0952. The van der Waals surface area contributed by atoms with E-state index in [1.54, 1.807) is 29.7 Å². The Morgan fingerprint density at radius 2 is 2.44 bits per heavy atom. The van der Waals surface area contributed by atoms with Crippen molar-refractivity contribution >= 4 is 21.8 Å². The van der Waals surface area contributed by atoms with Crippen LogP contribution >= 0.6 is 11.8 Å². The van der Waals surface area contributed by atoms with Crippen LogP contribution < -0.4 is 5.73 Å². The molecule has 2 heterocycles. The lowest BCUT2D eigenvalue weighted by Crippen LogP contribution is -2.36. The molecule has 0 spiro atoms. The number of hydrogen-bond donors (Lipinski definition) is 1. The van der Waals surface area contributed by atoms with Crippen LogP contribution in [0.2, 0.25) is 0 Å². The highest BCUT2D eigenvalue weighted by molar-refractivity contribution is 7.99. The monoisotopic (exact) mass is 290 g/mol. The average Bonchev–Trinajstić information content (AvgIpc) is 2.99. The number of aromatic nitrogens is 2. The smallest absolute Gasteiger partial charge is 0.246 e. The van der Waals surface area contributed by atoms with E-state index in [1.807, 2.05) is 0 Å². The predicted octanol–water partition coefficient (Wildman–Crippen LogP) is -0.0322. The van der Waals surface area contributed by atoms with Gasteiger partial charge in [0.25, 0.3) is 0 Å². The minimum atomic E-state index is -3.42. The minimum absolute atomic E-state index is 0.0952. The van der Waals surface area contributed by atoms with Crippen molar-refractivity contribution in [2.45, 2.75) is 23.9 Å². The molecule has 1 atom stereocenters. The molecule has 18 heavy (non-hydrogen) atoms. The van der Waals surface area contributed by atoms with Gasteiger partial charge in [-0.2, -0.15) is 21.2 Å². The molecule has 102 valence electrons. The van der Waals surface area contributed by atoms with E-state index >= 15 is 0 Å². The first-order chi connectivity index (χ1) is 8.55. The van der Waals surface area contributed by atoms with Crippen molar-refractivity contribution in [2.24, 2.45) is 5.73 Å². The molecule has 1 saturated heterocycles. The molecule has 1 aromatic heterocycles. The van der Waals surface area contributed by atoms with Gasteiger partial charge >= 0.3 is 0 Å². The quantitative estimate of drug-likeness (QED) is 0.823. The van der Waals surface area contributed by atoms with Gasteiger partial charge in [-0.15, -0.1) is 0 Å². The molecule has 1 aromatic rings. The van der Waals surface area contributed by atoms with Crippen molar-refractivity contribution < 1.29 is 8.42 Å². The van der Waals surface area contributed by atoms with E-state index in [4.69, 9.17) is 5.73 Å². The normalized spacial score (nSPS) is 20.7. The molecule has 8 heteroatoms. The van der Waals surface area contributed by atoms with Crippen LogP contribution in [0.25, 0.3) is 0 Å². The summed E-state index contributed by atoms with van der Waals surface area (Å²) in [6.07, 6.45) is 3.85. The number of sulfonamides is 1. The number of thioether (sulfide) groups is 1. The molecule has 2 rings (SSSR count). The second-order valence-electron chi connectivity index (χ2n) is 4.27. The van der Waals surface area contributed by atoms with Gasteiger partial charge in [0.15, 0.2) is 0 Å². The zero-order valence-corrected chi connectivity index (χ0v) is 12.0. The Bertz CT molecular complexity index is 494. The first-order valence-electron chi connectivity index (χ1n) is 5.84. The topological polar surface area (TPSA) is 81.2 Å². The largest absolute Gasteiger partial charge is 0.329 e. The van der Waals surface area contributed by atoms with E-state index in [0.717, 1.165) is 17.9 Å². The maximum Gasteiger partial charge on any atom is 0.246 e. The molecule has 2 N–H and O–H groups in total. The summed E-state index contributed by atoms with van der Waals surface area (Å²) in [5.41, 5.74) is 5.41. The molecular weight excluding hydrogens is 272 g/mol. The zero-order chi connectivity index (χ0) is 13.2. The molecule has 1 fully saturated rings. The van der Waals surface area contributed by atoms with E-state index in [9.17, 15) is 8.42 Å². The van der Waals surface area contributed by atoms with E-state index in [1.165, 1.54) is 10.5 Å². The van der Waals surface area contributed by atoms with Crippen molar-refractivity contribution in [3.63, 3.8) is 0 Å². The lowest BCUT2D eigenvalue weighted by Gasteiger charge is -2.22. The summed E-state index contributed by atoms with van der Waals surface area (Å²) in [5, 5.41) is 4.01. The summed E-state index contributed by atoms with van der Waals surface area (Å²) in [5.74, 6) is 1.89. The lowest BCUT2D eigenvalue weighted by atomic mass is 10.3. The molecule has 0 radical (unpaired) electrons. The third-order valence-corrected chi connectivity index (χ3v) is 6.07. The Kier molecular flexibility index (Phi) is 4.31. The average molecular weight is 290 g/mol. The van der Waals surface area contributed by atoms with E-state index in [-0.39, 0.29) is 10.9 Å². The first kappa shape index (κ1) is 13.9. The van der Waals surface area contributed by atoms with Crippen LogP contribution in [0.15, 0.2) is 17.3 Å². The van der Waals surface area contributed by atoms with Crippen molar-refractivity contribution in [2.75, 3.05) is 25.1 Å². The third kappa shape index (κ3) is 2.71. The number of nitrogens with two attached hydrogens (primary N) is 1. The van der Waals surface area contributed by atoms with Gasteiger partial charge in [0, 0.05) is 31.6 Å². The maximum atomic E-state index is 12.4. The number of hydrogen-bond acceptors (Lipinski definition) is 5. The first-order valence-corrected chi connectivity index (χ1v) is 8.43. The van der Waals surface area contributed by atoms with Crippen LogP contribution in [-0.4, -0.2) is 53.6 Å². The van der Waals surface area contributed by atoms with Gasteiger partial charge in [-0.3, -0.25) is 4.68 Å². The summed E-state index contributed by atoms with van der Waals surface area (Å²) in [4.78, 5) is 0.246. The fourth-order valence-electron chi connectivity index (χ4n) is 1.90. The van der Waals surface area contributed by atoms with Crippen LogP contribution in [-0.2, 0) is 16.6 Å². The van der Waals surface area contributed by atoms with Crippen LogP contribution in [0.1, 0.15) is 6.42 Å². The fourth-order valence-corrected chi connectivity index (χ4v) is 4.61. The minimum Gasteiger partial charge on any atom is -0.329 e. The Morgan fingerprint density at radius 3 is 3.06 bits per heavy atom. The molecule has 1 aliphatic rings. The van der Waals surface area contributed by atoms with Gasteiger partial charge < -0.3 is 5.73 Å². The highest BCUT2D eigenvalue weighted by atomic mass is 32.2. The Hall–Kier alpha value is -0.570. The predicted molar refractivity (Wildman–Crippen MR) is 72.0 cm³/mol. The van der Waals surface area contributed by atoms with Gasteiger partial charge in [-0.1, -0.05) is 0 Å². The molecule has 0 saturated carbocycles. The summed E-state index contributed by atoms with van der Waals surface area (Å²) in [6.45, 7) is 0.967. The third-order valence-electron chi connectivity index (χ3n) is 3.06. The van der Waals surface area contributed by atoms with Crippen LogP contribution in [0.5, 0.6) is 0 Å². The van der Waals surface area contributed by atoms with Gasteiger partial charge in [-0.05, 0) is 12.2 Å². The Balaban J connectivity index is 2.18. The van der Waals surface area contributed by atoms with E-state index in [0.29, 0.717) is 13.1 Å². The number of nitrogens with zero attached hydrogens (tertiary/aromatic N) is 3. The molecule has 1 aliphatic heterocycles. The fraction of sp³-hybridized carbons (Fsp3) is 0.700. The molecule has 1 unspecified atom stereocenters. The van der Waals surface area contributed by atoms with Gasteiger partial charge in [0.2, 0.25) is 10.0 Å².